The molecule has 1 aliphatic heterocycles. The van der Waals surface area contributed by atoms with E-state index in [0.29, 0.717) is 41.4 Å². The minimum absolute atomic E-state index is 0.0806. The van der Waals surface area contributed by atoms with Gasteiger partial charge in [0.2, 0.25) is 0 Å². The van der Waals surface area contributed by atoms with Gasteiger partial charge in [0.25, 0.3) is 5.91 Å². The Morgan fingerprint density at radius 2 is 1.91 bits per heavy atom. The molecule has 0 spiro atoms. The molecule has 1 aliphatic rings. The summed E-state index contributed by atoms with van der Waals surface area (Å²) in [5, 5.41) is 10.2. The Kier molecular flexibility index (Phi) is 6.46. The second-order valence-corrected chi connectivity index (χ2v) is 8.45. The summed E-state index contributed by atoms with van der Waals surface area (Å²) < 4.78 is 43.5. The first kappa shape index (κ1) is 22.6. The van der Waals surface area contributed by atoms with Gasteiger partial charge in [-0.05, 0) is 42.8 Å². The van der Waals surface area contributed by atoms with Crippen molar-refractivity contribution < 1.29 is 18.0 Å². The first-order valence-electron chi connectivity index (χ1n) is 9.89. The average molecular weight is 483 g/mol. The van der Waals surface area contributed by atoms with E-state index in [-0.39, 0.29) is 16.5 Å². The van der Waals surface area contributed by atoms with Crippen molar-refractivity contribution in [1.29, 1.82) is 0 Å². The number of hydrogen-bond donors (Lipinski definition) is 2. The van der Waals surface area contributed by atoms with Gasteiger partial charge in [0, 0.05) is 31.1 Å². The van der Waals surface area contributed by atoms with E-state index >= 15 is 0 Å². The van der Waals surface area contributed by atoms with Crippen LogP contribution in [0.15, 0.2) is 36.5 Å². The average Bonchev–Trinajstić information content (AvgIpc) is 3.08. The molecule has 2 aromatic carbocycles. The van der Waals surface area contributed by atoms with Crippen LogP contribution < -0.4 is 10.6 Å². The van der Waals surface area contributed by atoms with E-state index in [9.17, 15) is 18.0 Å². The third-order valence-electron chi connectivity index (χ3n) is 5.61. The SMILES string of the molecule is Cn1ncc(Cl)c1-c1cc(F)c(C(=O)N[C@@H]2CNCC[C@H]2c2ccc(F)c(F)c2)c(Cl)c1. The molecule has 2 N–H and O–H groups in total. The second kappa shape index (κ2) is 9.13. The molecular formula is C22H19Cl2F3N4O. The highest BCUT2D eigenvalue weighted by Gasteiger charge is 2.30. The number of nitrogens with one attached hydrogen (secondary N) is 2. The molecule has 1 aromatic heterocycles. The molecule has 1 fully saturated rings. The zero-order valence-corrected chi connectivity index (χ0v) is 18.4. The van der Waals surface area contributed by atoms with Crippen molar-refractivity contribution >= 4 is 29.1 Å². The first-order valence-corrected chi connectivity index (χ1v) is 10.6. The Labute approximate surface area is 192 Å². The van der Waals surface area contributed by atoms with Crippen LogP contribution in [0.25, 0.3) is 11.3 Å². The summed E-state index contributed by atoms with van der Waals surface area (Å²) in [6.07, 6.45) is 2.02. The number of hydrogen-bond acceptors (Lipinski definition) is 3. The van der Waals surface area contributed by atoms with E-state index in [1.165, 1.54) is 29.1 Å². The summed E-state index contributed by atoms with van der Waals surface area (Å²) in [4.78, 5) is 12.9. The van der Waals surface area contributed by atoms with Crippen molar-refractivity contribution in [2.24, 2.45) is 7.05 Å². The van der Waals surface area contributed by atoms with Crippen molar-refractivity contribution in [3.63, 3.8) is 0 Å². The molecule has 0 aliphatic carbocycles. The fraction of sp³-hybridized carbons (Fsp3) is 0.273. The number of piperidine rings is 1. The maximum Gasteiger partial charge on any atom is 0.256 e. The van der Waals surface area contributed by atoms with E-state index < -0.39 is 29.4 Å². The van der Waals surface area contributed by atoms with Gasteiger partial charge in [-0.2, -0.15) is 5.10 Å². The maximum absolute atomic E-state index is 15.0. The summed E-state index contributed by atoms with van der Waals surface area (Å²) in [6.45, 7) is 1.03. The van der Waals surface area contributed by atoms with E-state index in [0.717, 1.165) is 12.1 Å². The van der Waals surface area contributed by atoms with Gasteiger partial charge in [-0.15, -0.1) is 0 Å². The zero-order chi connectivity index (χ0) is 23.0. The Bertz CT molecular complexity index is 1140. The Balaban J connectivity index is 1.60. The van der Waals surface area contributed by atoms with Crippen LogP contribution in [0.4, 0.5) is 13.2 Å². The van der Waals surface area contributed by atoms with Crippen LogP contribution in [0.5, 0.6) is 0 Å². The molecule has 168 valence electrons. The predicted octanol–water partition coefficient (Wildman–Crippen LogP) is 4.69. The lowest BCUT2D eigenvalue weighted by atomic mass is 9.85. The van der Waals surface area contributed by atoms with Crippen LogP contribution in [-0.2, 0) is 7.05 Å². The van der Waals surface area contributed by atoms with Crippen molar-refractivity contribution in [2.45, 2.75) is 18.4 Å². The monoisotopic (exact) mass is 482 g/mol. The summed E-state index contributed by atoms with van der Waals surface area (Å²) in [5.41, 5.74) is 1.11. The fourth-order valence-corrected chi connectivity index (χ4v) is 4.62. The number of carbonyl (C=O) groups excluding carboxylic acids is 1. The highest BCUT2D eigenvalue weighted by Crippen LogP contribution is 2.33. The summed E-state index contributed by atoms with van der Waals surface area (Å²) in [6, 6.07) is 5.84. The largest absolute Gasteiger partial charge is 0.347 e. The van der Waals surface area contributed by atoms with Gasteiger partial charge < -0.3 is 10.6 Å². The number of nitrogens with zero attached hydrogens (tertiary/aromatic N) is 2. The number of benzene rings is 2. The topological polar surface area (TPSA) is 59.0 Å². The molecule has 0 saturated carbocycles. The number of aryl methyl sites for hydroxylation is 1. The zero-order valence-electron chi connectivity index (χ0n) is 16.9. The summed E-state index contributed by atoms with van der Waals surface area (Å²) in [7, 11) is 1.65. The minimum Gasteiger partial charge on any atom is -0.347 e. The van der Waals surface area contributed by atoms with E-state index in [2.05, 4.69) is 15.7 Å². The van der Waals surface area contributed by atoms with Crippen LogP contribution in [-0.4, -0.2) is 34.8 Å². The van der Waals surface area contributed by atoms with Gasteiger partial charge in [-0.1, -0.05) is 29.3 Å². The molecule has 1 saturated heterocycles. The lowest BCUT2D eigenvalue weighted by molar-refractivity contribution is 0.0920. The number of halogens is 5. The smallest absolute Gasteiger partial charge is 0.256 e. The molecule has 3 aromatic rings. The van der Waals surface area contributed by atoms with Crippen LogP contribution >= 0.6 is 23.2 Å². The van der Waals surface area contributed by atoms with Gasteiger partial charge in [0.05, 0.1) is 27.5 Å². The van der Waals surface area contributed by atoms with Gasteiger partial charge in [-0.3, -0.25) is 9.48 Å². The van der Waals surface area contributed by atoms with Crippen molar-refractivity contribution in [2.75, 3.05) is 13.1 Å². The molecule has 1 amide bonds. The molecule has 0 unspecified atom stereocenters. The summed E-state index contributed by atoms with van der Waals surface area (Å²) >= 11 is 12.4. The molecule has 10 heteroatoms. The third kappa shape index (κ3) is 4.35. The third-order valence-corrected chi connectivity index (χ3v) is 6.18. The van der Waals surface area contributed by atoms with Crippen LogP contribution in [0.2, 0.25) is 10.0 Å². The molecular weight excluding hydrogens is 464 g/mol. The second-order valence-electron chi connectivity index (χ2n) is 7.63. The Morgan fingerprint density at radius 1 is 1.12 bits per heavy atom. The number of aromatic nitrogens is 2. The van der Waals surface area contributed by atoms with Gasteiger partial charge in [0.15, 0.2) is 11.6 Å². The lowest BCUT2D eigenvalue weighted by Gasteiger charge is -2.33. The quantitative estimate of drug-likeness (QED) is 0.567. The van der Waals surface area contributed by atoms with Crippen LogP contribution in [0, 0.1) is 17.5 Å². The van der Waals surface area contributed by atoms with Crippen molar-refractivity contribution in [1.82, 2.24) is 20.4 Å². The molecule has 4 rings (SSSR count). The molecule has 2 heterocycles. The maximum atomic E-state index is 15.0. The molecule has 5 nitrogen and oxygen atoms in total. The van der Waals surface area contributed by atoms with Gasteiger partial charge in [0.1, 0.15) is 5.82 Å². The number of rotatable bonds is 4. The highest BCUT2D eigenvalue weighted by molar-refractivity contribution is 6.35. The normalized spacial score (nSPS) is 18.6. The van der Waals surface area contributed by atoms with Crippen molar-refractivity contribution in [3.05, 3.63) is 75.2 Å². The Hall–Kier alpha value is -2.55. The van der Waals surface area contributed by atoms with E-state index in [1.54, 1.807) is 7.05 Å². The van der Waals surface area contributed by atoms with Crippen LogP contribution in [0.1, 0.15) is 28.3 Å². The standard InChI is InChI=1S/C22H19Cl2F3N4O/c1-31-21(15(24)9-29-31)12-6-14(23)20(18(27)8-12)22(32)30-19-10-28-5-4-13(19)11-2-3-16(25)17(26)7-11/h2-3,6-9,13,19,28H,4-5,10H2,1H3,(H,30,32)/t13-,19+/m0/s1. The van der Waals surface area contributed by atoms with Gasteiger partial charge in [-0.25, -0.2) is 13.2 Å². The fourth-order valence-electron chi connectivity index (χ4n) is 4.05. The Morgan fingerprint density at radius 3 is 2.56 bits per heavy atom. The van der Waals surface area contributed by atoms with E-state index in [4.69, 9.17) is 23.2 Å². The first-order chi connectivity index (χ1) is 15.3. The van der Waals surface area contributed by atoms with E-state index in [1.807, 2.05) is 0 Å². The molecule has 0 radical (unpaired) electrons. The van der Waals surface area contributed by atoms with Crippen LogP contribution in [0.3, 0.4) is 0 Å². The molecule has 32 heavy (non-hydrogen) atoms. The minimum atomic E-state index is -0.954. The highest BCUT2D eigenvalue weighted by atomic mass is 35.5. The summed E-state index contributed by atoms with van der Waals surface area (Å²) in [5.74, 6) is -3.67. The number of carbonyl (C=O) groups is 1. The molecule has 2 atom stereocenters. The van der Waals surface area contributed by atoms with Crippen molar-refractivity contribution in [3.8, 4) is 11.3 Å². The number of amides is 1. The molecule has 0 bridgehead atoms. The predicted molar refractivity (Wildman–Crippen MR) is 116 cm³/mol. The van der Waals surface area contributed by atoms with Gasteiger partial charge >= 0.3 is 0 Å². The lowest BCUT2D eigenvalue weighted by Crippen LogP contribution is -2.50.